The number of carbonyl (C=O) groups excluding carboxylic acids is 3. The van der Waals surface area contributed by atoms with Crippen molar-refractivity contribution in [2.75, 3.05) is 13.2 Å². The molecule has 154 valence electrons. The summed E-state index contributed by atoms with van der Waals surface area (Å²) in [6, 6.07) is 17.7. The van der Waals surface area contributed by atoms with Crippen LogP contribution in [0.15, 0.2) is 60.7 Å². The Kier molecular flexibility index (Phi) is 9.17. The highest BCUT2D eigenvalue weighted by atomic mass is 16.5. The highest BCUT2D eigenvalue weighted by Crippen LogP contribution is 2.02. The zero-order chi connectivity index (χ0) is 20.9. The van der Waals surface area contributed by atoms with Gasteiger partial charge in [-0.3, -0.25) is 9.59 Å². The molecule has 2 aromatic carbocycles. The molecule has 1 atom stereocenters. The zero-order valence-corrected chi connectivity index (χ0v) is 16.0. The van der Waals surface area contributed by atoms with Crippen LogP contribution in [0.5, 0.6) is 0 Å². The number of hydrogen-bond acceptors (Lipinski definition) is 5. The predicted octanol–water partition coefficient (Wildman–Crippen LogP) is 1.49. The fourth-order valence-corrected chi connectivity index (χ4v) is 2.38. The molecule has 3 amide bonds. The van der Waals surface area contributed by atoms with Crippen molar-refractivity contribution in [2.24, 2.45) is 5.73 Å². The van der Waals surface area contributed by atoms with Gasteiger partial charge in [0.25, 0.3) is 0 Å². The van der Waals surface area contributed by atoms with Crippen LogP contribution in [0, 0.1) is 0 Å². The zero-order valence-electron chi connectivity index (χ0n) is 16.0. The topological polar surface area (TPSA) is 120 Å². The normalized spacial score (nSPS) is 11.3. The Morgan fingerprint density at radius 1 is 0.897 bits per heavy atom. The summed E-state index contributed by atoms with van der Waals surface area (Å²) in [5.41, 5.74) is 7.12. The van der Waals surface area contributed by atoms with Crippen LogP contribution in [0.4, 0.5) is 4.79 Å². The molecule has 0 spiro atoms. The number of ether oxygens (including phenoxy) is 2. The first-order valence-electron chi connectivity index (χ1n) is 9.19. The van der Waals surface area contributed by atoms with Gasteiger partial charge in [0.15, 0.2) is 0 Å². The molecule has 0 aromatic heterocycles. The molecular formula is C21H25N3O5. The van der Waals surface area contributed by atoms with Crippen LogP contribution in [0.1, 0.15) is 17.5 Å². The number of alkyl carbamates (subject to hydrolysis) is 1. The van der Waals surface area contributed by atoms with Crippen LogP contribution in [0.25, 0.3) is 0 Å². The summed E-state index contributed by atoms with van der Waals surface area (Å²) in [4.78, 5) is 35.1. The van der Waals surface area contributed by atoms with Crippen molar-refractivity contribution in [1.29, 1.82) is 0 Å². The lowest BCUT2D eigenvalue weighted by Gasteiger charge is -2.16. The maximum atomic E-state index is 12.0. The molecule has 0 fully saturated rings. The molecule has 0 aliphatic heterocycles. The number of carbonyl (C=O) groups is 3. The van der Waals surface area contributed by atoms with Gasteiger partial charge in [-0.15, -0.1) is 0 Å². The molecule has 0 radical (unpaired) electrons. The van der Waals surface area contributed by atoms with Crippen LogP contribution in [0.2, 0.25) is 0 Å². The van der Waals surface area contributed by atoms with Crippen molar-refractivity contribution >= 4 is 17.9 Å². The van der Waals surface area contributed by atoms with Crippen LogP contribution < -0.4 is 16.4 Å². The van der Waals surface area contributed by atoms with Crippen LogP contribution in [0.3, 0.4) is 0 Å². The Morgan fingerprint density at radius 3 is 2.07 bits per heavy atom. The number of nitrogens with one attached hydrogen (secondary N) is 2. The van der Waals surface area contributed by atoms with Gasteiger partial charge >= 0.3 is 6.09 Å². The molecule has 2 rings (SSSR count). The standard InChI is InChI=1S/C21H25N3O5/c22-20(26)18(15-28-13-16-7-3-1-4-8-16)24-19(25)11-12-23-21(27)29-14-17-9-5-2-6-10-17/h1-10,18H,11-15H2,(H2,22,26)(H,23,27)(H,24,25)/t18-/m0/s1. The van der Waals surface area contributed by atoms with Crippen molar-refractivity contribution in [3.63, 3.8) is 0 Å². The van der Waals surface area contributed by atoms with E-state index >= 15 is 0 Å². The Balaban J connectivity index is 1.63. The Labute approximate surface area is 169 Å². The van der Waals surface area contributed by atoms with Crippen molar-refractivity contribution in [3.05, 3.63) is 71.8 Å². The number of benzene rings is 2. The van der Waals surface area contributed by atoms with Gasteiger partial charge in [-0.25, -0.2) is 4.79 Å². The van der Waals surface area contributed by atoms with Crippen molar-refractivity contribution in [2.45, 2.75) is 25.7 Å². The quantitative estimate of drug-likeness (QED) is 0.529. The molecule has 29 heavy (non-hydrogen) atoms. The average molecular weight is 399 g/mol. The van der Waals surface area contributed by atoms with E-state index in [-0.39, 0.29) is 26.2 Å². The van der Waals surface area contributed by atoms with Gasteiger partial charge in [0.05, 0.1) is 13.2 Å². The van der Waals surface area contributed by atoms with E-state index in [0.29, 0.717) is 6.61 Å². The number of nitrogens with two attached hydrogens (primary N) is 1. The van der Waals surface area contributed by atoms with Crippen molar-refractivity contribution in [1.82, 2.24) is 10.6 Å². The lowest BCUT2D eigenvalue weighted by Crippen LogP contribution is -2.48. The van der Waals surface area contributed by atoms with E-state index in [9.17, 15) is 14.4 Å². The minimum atomic E-state index is -0.948. The summed E-state index contributed by atoms with van der Waals surface area (Å²) in [6.45, 7) is 0.467. The van der Waals surface area contributed by atoms with Gasteiger partial charge in [0.1, 0.15) is 12.6 Å². The van der Waals surface area contributed by atoms with Gasteiger partial charge < -0.3 is 25.8 Å². The lowest BCUT2D eigenvalue weighted by atomic mass is 10.2. The Hall–Kier alpha value is -3.39. The van der Waals surface area contributed by atoms with E-state index in [1.54, 1.807) is 0 Å². The van der Waals surface area contributed by atoms with E-state index < -0.39 is 23.9 Å². The highest BCUT2D eigenvalue weighted by Gasteiger charge is 2.18. The summed E-state index contributed by atoms with van der Waals surface area (Å²) in [6.07, 6.45) is -0.651. The molecule has 0 aliphatic carbocycles. The molecule has 2 aromatic rings. The fraction of sp³-hybridized carbons (Fsp3) is 0.286. The minimum absolute atomic E-state index is 0.0249. The van der Waals surface area contributed by atoms with E-state index in [2.05, 4.69) is 10.6 Å². The van der Waals surface area contributed by atoms with Crippen LogP contribution >= 0.6 is 0 Å². The molecule has 4 N–H and O–H groups in total. The Bertz CT molecular complexity index is 783. The first-order valence-corrected chi connectivity index (χ1v) is 9.19. The molecule has 0 aliphatic rings. The first kappa shape index (κ1) is 21.9. The SMILES string of the molecule is NC(=O)[C@H](COCc1ccccc1)NC(=O)CCNC(=O)OCc1ccccc1. The maximum Gasteiger partial charge on any atom is 0.407 e. The van der Waals surface area contributed by atoms with Crippen LogP contribution in [-0.4, -0.2) is 37.1 Å². The third-order valence-electron chi connectivity index (χ3n) is 3.91. The number of amides is 3. The predicted molar refractivity (Wildman–Crippen MR) is 106 cm³/mol. The molecule has 8 heteroatoms. The lowest BCUT2D eigenvalue weighted by molar-refractivity contribution is -0.128. The van der Waals surface area contributed by atoms with Gasteiger partial charge in [-0.1, -0.05) is 60.7 Å². The molecule has 0 unspecified atom stereocenters. The average Bonchev–Trinajstić information content (AvgIpc) is 2.73. The third-order valence-corrected chi connectivity index (χ3v) is 3.91. The van der Waals surface area contributed by atoms with E-state index in [1.165, 1.54) is 0 Å². The first-order chi connectivity index (χ1) is 14.0. The smallest absolute Gasteiger partial charge is 0.407 e. The fourth-order valence-electron chi connectivity index (χ4n) is 2.38. The number of rotatable bonds is 11. The second-order valence-corrected chi connectivity index (χ2v) is 6.26. The molecule has 8 nitrogen and oxygen atoms in total. The molecule has 0 heterocycles. The largest absolute Gasteiger partial charge is 0.445 e. The summed E-state index contributed by atoms with van der Waals surface area (Å²) in [5, 5.41) is 4.99. The molecular weight excluding hydrogens is 374 g/mol. The van der Waals surface area contributed by atoms with Gasteiger partial charge in [-0.2, -0.15) is 0 Å². The van der Waals surface area contributed by atoms with E-state index in [4.69, 9.17) is 15.2 Å². The molecule has 0 saturated carbocycles. The van der Waals surface area contributed by atoms with Gasteiger partial charge in [0.2, 0.25) is 11.8 Å². The summed E-state index contributed by atoms with van der Waals surface area (Å²) >= 11 is 0. The molecule has 0 saturated heterocycles. The van der Waals surface area contributed by atoms with Crippen LogP contribution in [-0.2, 0) is 32.3 Å². The Morgan fingerprint density at radius 2 is 1.48 bits per heavy atom. The van der Waals surface area contributed by atoms with Gasteiger partial charge in [-0.05, 0) is 11.1 Å². The monoisotopic (exact) mass is 399 g/mol. The summed E-state index contributed by atoms with van der Waals surface area (Å²) in [5.74, 6) is -1.12. The number of primary amides is 1. The second-order valence-electron chi connectivity index (χ2n) is 6.26. The maximum absolute atomic E-state index is 12.0. The summed E-state index contributed by atoms with van der Waals surface area (Å²) < 4.78 is 10.5. The number of hydrogen-bond donors (Lipinski definition) is 3. The van der Waals surface area contributed by atoms with Crippen molar-refractivity contribution < 1.29 is 23.9 Å². The molecule has 0 bridgehead atoms. The van der Waals surface area contributed by atoms with E-state index in [1.807, 2.05) is 60.7 Å². The summed E-state index contributed by atoms with van der Waals surface area (Å²) in [7, 11) is 0. The third kappa shape index (κ3) is 8.89. The van der Waals surface area contributed by atoms with E-state index in [0.717, 1.165) is 11.1 Å². The van der Waals surface area contributed by atoms with Gasteiger partial charge in [0, 0.05) is 13.0 Å². The minimum Gasteiger partial charge on any atom is -0.445 e. The van der Waals surface area contributed by atoms with Crippen molar-refractivity contribution in [3.8, 4) is 0 Å². The highest BCUT2D eigenvalue weighted by molar-refractivity contribution is 5.86. The second kappa shape index (κ2) is 12.1.